The zero-order valence-corrected chi connectivity index (χ0v) is 23.8. The van der Waals surface area contributed by atoms with E-state index in [0.29, 0.717) is 23.7 Å². The highest BCUT2D eigenvalue weighted by atomic mass is 35.5. The maximum Gasteiger partial charge on any atom is 0.293 e. The van der Waals surface area contributed by atoms with Crippen molar-refractivity contribution in [3.8, 4) is 11.5 Å². The maximum atomic E-state index is 14.2. The highest BCUT2D eigenvalue weighted by Gasteiger charge is 2.36. The van der Waals surface area contributed by atoms with Gasteiger partial charge in [-0.15, -0.1) is 0 Å². The fourth-order valence-corrected chi connectivity index (χ4v) is 5.14. The largest absolute Gasteiger partial charge is 0.490 e. The smallest absolute Gasteiger partial charge is 0.293 e. The lowest BCUT2D eigenvalue weighted by atomic mass is 10.0. The number of para-hydroxylation sites is 1. The average Bonchev–Trinajstić information content (AvgIpc) is 3.17. The zero-order valence-electron chi connectivity index (χ0n) is 22.2. The molecule has 0 atom stereocenters. The van der Waals surface area contributed by atoms with E-state index in [-0.39, 0.29) is 40.5 Å². The van der Waals surface area contributed by atoms with E-state index in [0.717, 1.165) is 27.9 Å². The molecule has 1 N–H and O–H groups in total. The van der Waals surface area contributed by atoms with Crippen molar-refractivity contribution in [1.29, 1.82) is 0 Å². The number of thioether (sulfide) groups is 1. The van der Waals surface area contributed by atoms with E-state index in [2.05, 4.69) is 19.2 Å². The number of carbonyl (C=O) groups excluding carboxylic acids is 3. The van der Waals surface area contributed by atoms with Gasteiger partial charge >= 0.3 is 0 Å². The molecule has 1 heterocycles. The molecule has 10 heteroatoms. The first-order chi connectivity index (χ1) is 19.2. The summed E-state index contributed by atoms with van der Waals surface area (Å²) in [5, 5.41) is 2.50. The summed E-state index contributed by atoms with van der Waals surface area (Å²) in [5.74, 6) is -0.481. The van der Waals surface area contributed by atoms with Crippen LogP contribution in [-0.2, 0) is 16.1 Å². The van der Waals surface area contributed by atoms with E-state index in [9.17, 15) is 18.8 Å². The quantitative estimate of drug-likeness (QED) is 0.253. The summed E-state index contributed by atoms with van der Waals surface area (Å²) < 4.78 is 25.7. The molecule has 0 radical (unpaired) electrons. The molecule has 40 heavy (non-hydrogen) atoms. The molecule has 208 valence electrons. The van der Waals surface area contributed by atoms with E-state index >= 15 is 0 Å². The van der Waals surface area contributed by atoms with Crippen LogP contribution in [0.5, 0.6) is 11.5 Å². The summed E-state index contributed by atoms with van der Waals surface area (Å²) in [4.78, 5) is 39.3. The fourth-order valence-electron chi connectivity index (χ4n) is 4.08. The van der Waals surface area contributed by atoms with Gasteiger partial charge in [0.05, 0.1) is 18.1 Å². The zero-order chi connectivity index (χ0) is 28.8. The number of benzene rings is 3. The number of imide groups is 1. The second kappa shape index (κ2) is 13.0. The molecule has 0 unspecified atom stereocenters. The van der Waals surface area contributed by atoms with Crippen LogP contribution in [0, 0.1) is 5.82 Å². The van der Waals surface area contributed by atoms with Gasteiger partial charge in [0.2, 0.25) is 0 Å². The van der Waals surface area contributed by atoms with Crippen LogP contribution in [0.25, 0.3) is 6.08 Å². The number of hydrogen-bond acceptors (Lipinski definition) is 6. The van der Waals surface area contributed by atoms with Crippen LogP contribution in [0.4, 0.5) is 14.9 Å². The van der Waals surface area contributed by atoms with Gasteiger partial charge in [0.1, 0.15) is 5.82 Å². The summed E-state index contributed by atoms with van der Waals surface area (Å²) in [7, 11) is 0. The van der Waals surface area contributed by atoms with Gasteiger partial charge in [-0.3, -0.25) is 19.3 Å². The van der Waals surface area contributed by atoms with E-state index in [1.165, 1.54) is 18.2 Å². The molecule has 3 aromatic carbocycles. The Morgan fingerprint density at radius 1 is 1.07 bits per heavy atom. The fraction of sp³-hybridized carbons (Fsp3) is 0.233. The first-order valence-corrected chi connectivity index (χ1v) is 13.8. The second-order valence-electron chi connectivity index (χ2n) is 9.19. The standard InChI is InChI=1S/C30H28ClFN2O5S/c1-4-38-26-14-19(12-13-25(26)39-17-28(35)33-24-11-6-5-8-20(24)18(2)3)15-27-29(36)34(30(37)40-27)16-21-22(31)9-7-10-23(21)32/h5-15,18H,4,16-17H2,1-3H3,(H,33,35)/b27-15-. The molecular weight excluding hydrogens is 555 g/mol. The summed E-state index contributed by atoms with van der Waals surface area (Å²) >= 11 is 6.83. The Bertz CT molecular complexity index is 1460. The van der Waals surface area contributed by atoms with Gasteiger partial charge in [0.25, 0.3) is 17.1 Å². The molecule has 1 fully saturated rings. The number of nitrogens with one attached hydrogen (secondary N) is 1. The van der Waals surface area contributed by atoms with Gasteiger partial charge in [-0.25, -0.2) is 4.39 Å². The van der Waals surface area contributed by atoms with Gasteiger partial charge in [-0.05, 0) is 72.1 Å². The van der Waals surface area contributed by atoms with Crippen LogP contribution in [0.1, 0.15) is 43.4 Å². The first-order valence-electron chi connectivity index (χ1n) is 12.6. The third kappa shape index (κ3) is 6.84. The number of halogens is 2. The molecule has 1 aliphatic rings. The number of rotatable bonds is 10. The van der Waals surface area contributed by atoms with E-state index in [4.69, 9.17) is 21.1 Å². The van der Waals surface area contributed by atoms with Crippen molar-refractivity contribution < 1.29 is 28.2 Å². The molecule has 0 bridgehead atoms. The Kier molecular flexibility index (Phi) is 9.50. The first kappa shape index (κ1) is 29.2. The average molecular weight is 583 g/mol. The third-order valence-electron chi connectivity index (χ3n) is 6.03. The van der Waals surface area contributed by atoms with Crippen LogP contribution in [0.3, 0.4) is 0 Å². The van der Waals surface area contributed by atoms with Gasteiger partial charge in [-0.2, -0.15) is 0 Å². The van der Waals surface area contributed by atoms with Crippen LogP contribution in [0.15, 0.2) is 65.6 Å². The van der Waals surface area contributed by atoms with Crippen LogP contribution < -0.4 is 14.8 Å². The molecule has 3 aromatic rings. The second-order valence-corrected chi connectivity index (χ2v) is 10.6. The predicted octanol–water partition coefficient (Wildman–Crippen LogP) is 7.26. The molecule has 1 aliphatic heterocycles. The van der Waals surface area contributed by atoms with E-state index in [1.54, 1.807) is 24.3 Å². The Balaban J connectivity index is 1.46. The Hall–Kier alpha value is -3.82. The summed E-state index contributed by atoms with van der Waals surface area (Å²) in [5.41, 5.74) is 2.42. The minimum absolute atomic E-state index is 0.0737. The number of amides is 3. The lowest BCUT2D eigenvalue weighted by molar-refractivity contribution is -0.123. The highest BCUT2D eigenvalue weighted by molar-refractivity contribution is 8.18. The van der Waals surface area contributed by atoms with E-state index in [1.807, 2.05) is 31.2 Å². The lowest BCUT2D eigenvalue weighted by Crippen LogP contribution is -2.28. The molecule has 0 aromatic heterocycles. The number of hydrogen-bond donors (Lipinski definition) is 1. The van der Waals surface area contributed by atoms with Gasteiger partial charge < -0.3 is 14.8 Å². The molecule has 3 amide bonds. The van der Waals surface area contributed by atoms with Crippen LogP contribution in [-0.4, -0.2) is 35.2 Å². The Labute approximate surface area is 241 Å². The molecule has 7 nitrogen and oxygen atoms in total. The van der Waals surface area contributed by atoms with Gasteiger partial charge in [0.15, 0.2) is 18.1 Å². The van der Waals surface area contributed by atoms with E-state index < -0.39 is 17.0 Å². The molecule has 4 rings (SSSR count). The van der Waals surface area contributed by atoms with Gasteiger partial charge in [-0.1, -0.05) is 55.8 Å². The monoisotopic (exact) mass is 582 g/mol. The Morgan fingerprint density at radius 3 is 2.58 bits per heavy atom. The maximum absolute atomic E-state index is 14.2. The third-order valence-corrected chi connectivity index (χ3v) is 7.29. The van der Waals surface area contributed by atoms with Crippen molar-refractivity contribution in [3.63, 3.8) is 0 Å². The summed E-state index contributed by atoms with van der Waals surface area (Å²) in [6.07, 6.45) is 1.55. The number of anilines is 1. The van der Waals surface area contributed by atoms with Crippen molar-refractivity contribution in [2.75, 3.05) is 18.5 Å². The van der Waals surface area contributed by atoms with Crippen LogP contribution in [0.2, 0.25) is 5.02 Å². The van der Waals surface area contributed by atoms with Crippen molar-refractivity contribution in [3.05, 3.63) is 93.1 Å². The predicted molar refractivity (Wildman–Crippen MR) is 155 cm³/mol. The Morgan fingerprint density at radius 2 is 1.85 bits per heavy atom. The molecule has 0 saturated carbocycles. The molecule has 0 aliphatic carbocycles. The molecule has 1 saturated heterocycles. The van der Waals surface area contributed by atoms with Crippen molar-refractivity contribution in [2.24, 2.45) is 0 Å². The number of nitrogens with zero attached hydrogens (tertiary/aromatic N) is 1. The van der Waals surface area contributed by atoms with Crippen LogP contribution >= 0.6 is 23.4 Å². The lowest BCUT2D eigenvalue weighted by Gasteiger charge is -2.15. The highest BCUT2D eigenvalue weighted by Crippen LogP contribution is 2.36. The summed E-state index contributed by atoms with van der Waals surface area (Å²) in [6.45, 7) is 5.75. The van der Waals surface area contributed by atoms with Crippen molar-refractivity contribution in [2.45, 2.75) is 33.2 Å². The topological polar surface area (TPSA) is 84.9 Å². The SMILES string of the molecule is CCOc1cc(/C=C2\SC(=O)N(Cc3c(F)cccc3Cl)C2=O)ccc1OCC(=O)Nc1ccccc1C(C)C. The number of ether oxygens (including phenoxy) is 2. The minimum Gasteiger partial charge on any atom is -0.490 e. The molecule has 0 spiro atoms. The number of carbonyl (C=O) groups is 3. The van der Waals surface area contributed by atoms with Crippen molar-refractivity contribution in [1.82, 2.24) is 4.90 Å². The molecular formula is C30H28ClFN2O5S. The van der Waals surface area contributed by atoms with Gasteiger partial charge in [0, 0.05) is 16.3 Å². The minimum atomic E-state index is -0.592. The normalized spacial score (nSPS) is 14.2. The van der Waals surface area contributed by atoms with Crippen molar-refractivity contribution >= 4 is 52.2 Å². The summed E-state index contributed by atoms with van der Waals surface area (Å²) in [6, 6.07) is 16.8.